The lowest BCUT2D eigenvalue weighted by atomic mass is 10.0. The average molecular weight is 498 g/mol. The predicted octanol–water partition coefficient (Wildman–Crippen LogP) is -1.55. The minimum absolute atomic E-state index is 0.00284. The second-order valence-corrected chi connectivity index (χ2v) is 8.62. The third-order valence-corrected chi connectivity index (χ3v) is 5.33. The normalized spacial score (nSPS) is 14.2. The Morgan fingerprint density at radius 3 is 1.97 bits per heavy atom. The number of carbonyl (C=O) groups excluding carboxylic acids is 4. The monoisotopic (exact) mass is 497 g/mol. The van der Waals surface area contributed by atoms with E-state index in [1.54, 1.807) is 0 Å². The van der Waals surface area contributed by atoms with Crippen LogP contribution in [-0.2, 0) is 30.4 Å². The molecule has 4 unspecified atom stereocenters. The molecule has 0 aliphatic heterocycles. The molecule has 4 amide bonds. The van der Waals surface area contributed by atoms with Crippen LogP contribution < -0.4 is 27.4 Å². The predicted molar refractivity (Wildman–Crippen MR) is 126 cm³/mol. The van der Waals surface area contributed by atoms with E-state index in [4.69, 9.17) is 11.5 Å². The topological polar surface area (TPSA) is 214 Å². The van der Waals surface area contributed by atoms with Gasteiger partial charge in [0.05, 0.1) is 12.5 Å². The molecule has 0 heterocycles. The van der Waals surface area contributed by atoms with Gasteiger partial charge in [-0.3, -0.25) is 19.2 Å². The number of carbonyl (C=O) groups is 5. The number of hydrogen-bond acceptors (Lipinski definition) is 8. The van der Waals surface area contributed by atoms with E-state index in [2.05, 4.69) is 16.0 Å². The first kappa shape index (κ1) is 28.7. The van der Waals surface area contributed by atoms with Crippen LogP contribution in [0.1, 0.15) is 25.3 Å². The number of amides is 4. The first-order valence-corrected chi connectivity index (χ1v) is 11.8. The molecule has 188 valence electrons. The Morgan fingerprint density at radius 2 is 1.47 bits per heavy atom. The minimum Gasteiger partial charge on any atom is -0.508 e. The van der Waals surface area contributed by atoms with Crippen LogP contribution in [0.3, 0.4) is 0 Å². The summed E-state index contributed by atoms with van der Waals surface area (Å²) in [4.78, 5) is 60.5. The van der Waals surface area contributed by atoms with Gasteiger partial charge >= 0.3 is 5.97 Å². The molecule has 4 atom stereocenters. The van der Waals surface area contributed by atoms with Crippen molar-refractivity contribution >= 4 is 41.4 Å². The number of phenols is 1. The maximum atomic E-state index is 13.0. The molecule has 0 radical (unpaired) electrons. The third kappa shape index (κ3) is 10.1. The lowest BCUT2D eigenvalue weighted by molar-refractivity contribution is -0.143. The smallest absolute Gasteiger partial charge is 0.326 e. The molecule has 1 rings (SSSR count). The highest BCUT2D eigenvalue weighted by Crippen LogP contribution is 2.12. The molecule has 9 N–H and O–H groups in total. The number of primary amides is 1. The van der Waals surface area contributed by atoms with E-state index >= 15 is 0 Å². The summed E-state index contributed by atoms with van der Waals surface area (Å²) in [5, 5.41) is 26.1. The number of thioether (sulfide) groups is 1. The number of nitrogens with two attached hydrogens (primary N) is 2. The number of benzene rings is 1. The Kier molecular flexibility index (Phi) is 11.9. The van der Waals surface area contributed by atoms with Crippen LogP contribution >= 0.6 is 11.8 Å². The summed E-state index contributed by atoms with van der Waals surface area (Å²) in [5.74, 6) is -3.94. The highest BCUT2D eigenvalue weighted by atomic mass is 32.2. The first-order chi connectivity index (χ1) is 15.9. The number of nitrogens with one attached hydrogen (secondary N) is 3. The van der Waals surface area contributed by atoms with Crippen molar-refractivity contribution in [2.24, 2.45) is 11.5 Å². The van der Waals surface area contributed by atoms with E-state index in [0.717, 1.165) is 0 Å². The highest BCUT2D eigenvalue weighted by molar-refractivity contribution is 7.98. The quantitative estimate of drug-likeness (QED) is 0.158. The molecule has 0 aliphatic carbocycles. The summed E-state index contributed by atoms with van der Waals surface area (Å²) < 4.78 is 0. The first-order valence-electron chi connectivity index (χ1n) is 10.4. The largest absolute Gasteiger partial charge is 0.508 e. The fourth-order valence-corrected chi connectivity index (χ4v) is 3.30. The van der Waals surface area contributed by atoms with E-state index < -0.39 is 60.2 Å². The molecule has 34 heavy (non-hydrogen) atoms. The highest BCUT2D eigenvalue weighted by Gasteiger charge is 2.30. The van der Waals surface area contributed by atoms with E-state index in [1.165, 1.54) is 43.0 Å². The summed E-state index contributed by atoms with van der Waals surface area (Å²) in [6.45, 7) is 1.46. The van der Waals surface area contributed by atoms with Gasteiger partial charge in [0, 0.05) is 6.42 Å². The Balaban J connectivity index is 3.13. The molecule has 0 aliphatic rings. The van der Waals surface area contributed by atoms with Gasteiger partial charge in [-0.05, 0) is 43.0 Å². The van der Waals surface area contributed by atoms with Crippen LogP contribution in [0.15, 0.2) is 24.3 Å². The van der Waals surface area contributed by atoms with Crippen LogP contribution in [0.5, 0.6) is 5.75 Å². The fourth-order valence-electron chi connectivity index (χ4n) is 2.83. The second kappa shape index (κ2) is 14.1. The van der Waals surface area contributed by atoms with Gasteiger partial charge in [-0.1, -0.05) is 12.1 Å². The zero-order chi connectivity index (χ0) is 25.8. The number of rotatable bonds is 14. The number of aliphatic carboxylic acids is 1. The van der Waals surface area contributed by atoms with Crippen molar-refractivity contribution in [1.82, 2.24) is 16.0 Å². The van der Waals surface area contributed by atoms with Crippen LogP contribution in [0.4, 0.5) is 0 Å². The zero-order valence-corrected chi connectivity index (χ0v) is 19.8. The van der Waals surface area contributed by atoms with E-state index in [0.29, 0.717) is 11.3 Å². The maximum Gasteiger partial charge on any atom is 0.326 e. The molecule has 0 saturated heterocycles. The summed E-state index contributed by atoms with van der Waals surface area (Å²) in [6, 6.07) is 1.16. The molecule has 0 bridgehead atoms. The number of hydrogen-bond donors (Lipinski definition) is 7. The minimum atomic E-state index is -1.59. The van der Waals surface area contributed by atoms with Gasteiger partial charge in [-0.15, -0.1) is 0 Å². The molecule has 1 aromatic carbocycles. The van der Waals surface area contributed by atoms with Gasteiger partial charge in [0.25, 0.3) is 0 Å². The Hall–Kier alpha value is -3.32. The van der Waals surface area contributed by atoms with Gasteiger partial charge in [0.15, 0.2) is 0 Å². The maximum absolute atomic E-state index is 13.0. The molecule has 1 aromatic rings. The van der Waals surface area contributed by atoms with Crippen LogP contribution in [0.2, 0.25) is 0 Å². The molecule has 13 heteroatoms. The van der Waals surface area contributed by atoms with Crippen LogP contribution in [0, 0.1) is 0 Å². The van der Waals surface area contributed by atoms with Crippen molar-refractivity contribution in [1.29, 1.82) is 0 Å². The van der Waals surface area contributed by atoms with Crippen molar-refractivity contribution in [2.45, 2.75) is 50.4 Å². The average Bonchev–Trinajstić information content (AvgIpc) is 2.76. The second-order valence-electron chi connectivity index (χ2n) is 7.63. The number of aromatic hydroxyl groups is 1. The fraction of sp³-hybridized carbons (Fsp3) is 0.476. The molecular formula is C21H31N5O7S. The van der Waals surface area contributed by atoms with Crippen LogP contribution in [0.25, 0.3) is 0 Å². The molecule has 0 aromatic heterocycles. The molecule has 0 spiro atoms. The Bertz CT molecular complexity index is 879. The van der Waals surface area contributed by atoms with Crippen molar-refractivity contribution in [3.8, 4) is 5.75 Å². The van der Waals surface area contributed by atoms with E-state index in [1.807, 2.05) is 6.26 Å². The van der Waals surface area contributed by atoms with Crippen molar-refractivity contribution in [3.05, 3.63) is 29.8 Å². The summed E-state index contributed by atoms with van der Waals surface area (Å²) >= 11 is 1.45. The van der Waals surface area contributed by atoms with Gasteiger partial charge in [-0.25, -0.2) is 4.79 Å². The standard InChI is InChI=1S/C21H31N5O7S/c1-11(22)18(29)24-14(7-8-34-2)19(30)25-15(9-12-3-5-13(27)6-4-12)20(31)26-16(21(32)33)10-17(23)28/h3-6,11,14-16,27H,7-10,22H2,1-2H3,(H2,23,28)(H,24,29)(H,25,30)(H,26,31)(H,32,33). The molecule has 0 fully saturated rings. The van der Waals surface area contributed by atoms with Gasteiger partial charge in [0.2, 0.25) is 23.6 Å². The van der Waals surface area contributed by atoms with Crippen LogP contribution in [-0.4, -0.2) is 76.0 Å². The van der Waals surface area contributed by atoms with Crippen molar-refractivity contribution < 1.29 is 34.2 Å². The number of carboxylic acid groups (broad SMARTS) is 1. The van der Waals surface area contributed by atoms with Gasteiger partial charge in [0.1, 0.15) is 23.9 Å². The van der Waals surface area contributed by atoms with Gasteiger partial charge < -0.3 is 37.6 Å². The number of phenolic OH excluding ortho intramolecular Hbond substituents is 1. The Morgan fingerprint density at radius 1 is 0.941 bits per heavy atom. The van der Waals surface area contributed by atoms with E-state index in [-0.39, 0.29) is 18.6 Å². The molecule has 0 saturated carbocycles. The zero-order valence-electron chi connectivity index (χ0n) is 18.9. The van der Waals surface area contributed by atoms with Crippen molar-refractivity contribution in [3.63, 3.8) is 0 Å². The lowest BCUT2D eigenvalue weighted by Gasteiger charge is -2.25. The number of carboxylic acids is 1. The molecular weight excluding hydrogens is 466 g/mol. The summed E-state index contributed by atoms with van der Waals surface area (Å²) in [7, 11) is 0. The SMILES string of the molecule is CSCCC(NC(=O)C(C)N)C(=O)NC(Cc1ccc(O)cc1)C(=O)NC(CC(N)=O)C(=O)O. The van der Waals surface area contributed by atoms with E-state index in [9.17, 15) is 34.2 Å². The lowest BCUT2D eigenvalue weighted by Crippen LogP contribution is -2.57. The third-order valence-electron chi connectivity index (χ3n) is 4.69. The molecule has 12 nitrogen and oxygen atoms in total. The van der Waals surface area contributed by atoms with Crippen molar-refractivity contribution in [2.75, 3.05) is 12.0 Å². The summed E-state index contributed by atoms with van der Waals surface area (Å²) in [5.41, 5.74) is 11.2. The summed E-state index contributed by atoms with van der Waals surface area (Å²) in [6.07, 6.45) is 1.39. The Labute approximate surface area is 201 Å². The van der Waals surface area contributed by atoms with Gasteiger partial charge in [-0.2, -0.15) is 11.8 Å².